The molecular weight excluding hydrogens is 702 g/mol. The van der Waals surface area contributed by atoms with Crippen molar-refractivity contribution in [1.29, 1.82) is 0 Å². The predicted octanol–water partition coefficient (Wildman–Crippen LogP) is 6.82. The number of alkyl halides is 3. The van der Waals surface area contributed by atoms with Gasteiger partial charge >= 0.3 is 18.2 Å². The number of hydrogen-bond acceptors (Lipinski definition) is 7. The van der Waals surface area contributed by atoms with Crippen LogP contribution in [0, 0.1) is 0 Å². The van der Waals surface area contributed by atoms with Gasteiger partial charge in [0.25, 0.3) is 0 Å². The molecule has 0 spiro atoms. The molecular formula is C33H32Cl2F3N7O5. The molecule has 2 atom stereocenters. The van der Waals surface area contributed by atoms with Gasteiger partial charge in [0.2, 0.25) is 0 Å². The van der Waals surface area contributed by atoms with Crippen LogP contribution in [-0.2, 0) is 22.5 Å². The van der Waals surface area contributed by atoms with Crippen molar-refractivity contribution in [3.05, 3.63) is 93.9 Å². The fourth-order valence-electron chi connectivity index (χ4n) is 5.15. The monoisotopic (exact) mass is 733 g/mol. The third-order valence-electron chi connectivity index (χ3n) is 7.61. The second-order valence-corrected chi connectivity index (χ2v) is 12.0. The van der Waals surface area contributed by atoms with Crippen molar-refractivity contribution < 1.29 is 37.3 Å². The number of carbonyl (C=O) groups excluding carboxylic acids is 1. The molecule has 0 radical (unpaired) electrons. The van der Waals surface area contributed by atoms with E-state index in [4.69, 9.17) is 53.3 Å². The van der Waals surface area contributed by atoms with Crippen molar-refractivity contribution in [2.24, 2.45) is 0 Å². The molecule has 6 rings (SSSR count). The number of nitrogens with two attached hydrogens (primary N) is 1. The molecule has 0 aliphatic carbocycles. The lowest BCUT2D eigenvalue weighted by molar-refractivity contribution is -0.192. The molecule has 1 saturated heterocycles. The number of aromatic amines is 2. The molecule has 0 bridgehead atoms. The first-order chi connectivity index (χ1) is 23.9. The number of imidazole rings is 1. The number of H-pyrrole nitrogens is 2. The Morgan fingerprint density at radius 1 is 1.12 bits per heavy atom. The SMILES string of the molecule is Nc1n[nH]c2cc(-c3nc([C@H](Cc4ccccc4)NC(=O)NCc4cc(Cl)ccc4OCC4CCCO4)[nH]c3Cl)ccc12.O=C(O)C(F)(F)F. The largest absolute Gasteiger partial charge is 0.491 e. The molecule has 5 aromatic rings. The number of halogens is 5. The van der Waals surface area contributed by atoms with Crippen LogP contribution in [0.1, 0.15) is 35.8 Å². The number of benzene rings is 3. The fraction of sp³-hybridized carbons (Fsp3) is 0.273. The number of amides is 2. The smallest absolute Gasteiger partial charge is 0.490 e. The van der Waals surface area contributed by atoms with Gasteiger partial charge in [-0.3, -0.25) is 5.10 Å². The van der Waals surface area contributed by atoms with Gasteiger partial charge in [-0.05, 0) is 55.2 Å². The van der Waals surface area contributed by atoms with Crippen LogP contribution >= 0.6 is 23.2 Å². The van der Waals surface area contributed by atoms with Crippen LogP contribution in [-0.4, -0.2) is 62.8 Å². The molecule has 1 unspecified atom stereocenters. The molecule has 1 aliphatic heterocycles. The second-order valence-electron chi connectivity index (χ2n) is 11.2. The van der Waals surface area contributed by atoms with Gasteiger partial charge in [-0.2, -0.15) is 18.3 Å². The average molecular weight is 735 g/mol. The van der Waals surface area contributed by atoms with Gasteiger partial charge < -0.3 is 35.9 Å². The summed E-state index contributed by atoms with van der Waals surface area (Å²) in [6.45, 7) is 1.41. The number of carbonyl (C=O) groups is 2. The number of hydrogen-bond donors (Lipinski definition) is 6. The zero-order valence-corrected chi connectivity index (χ0v) is 27.7. The summed E-state index contributed by atoms with van der Waals surface area (Å²) in [4.78, 5) is 30.1. The molecule has 1 aliphatic rings. The summed E-state index contributed by atoms with van der Waals surface area (Å²) in [5, 5.41) is 21.8. The summed E-state index contributed by atoms with van der Waals surface area (Å²) in [5.41, 5.74) is 9.82. The van der Waals surface area contributed by atoms with Crippen LogP contribution in [0.4, 0.5) is 23.8 Å². The van der Waals surface area contributed by atoms with Crippen molar-refractivity contribution in [2.75, 3.05) is 18.9 Å². The van der Waals surface area contributed by atoms with Gasteiger partial charge in [0.15, 0.2) is 5.82 Å². The maximum absolute atomic E-state index is 13.3. The lowest BCUT2D eigenvalue weighted by atomic mass is 10.1. The Bertz CT molecular complexity index is 1930. The number of aromatic nitrogens is 4. The van der Waals surface area contributed by atoms with Crippen molar-refractivity contribution >= 4 is 51.9 Å². The molecule has 0 saturated carbocycles. The van der Waals surface area contributed by atoms with Gasteiger partial charge in [0.1, 0.15) is 29.0 Å². The van der Waals surface area contributed by atoms with E-state index in [0.717, 1.165) is 47.0 Å². The first-order valence-electron chi connectivity index (χ1n) is 15.3. The van der Waals surface area contributed by atoms with Crippen LogP contribution in [0.2, 0.25) is 10.2 Å². The molecule has 2 amide bonds. The van der Waals surface area contributed by atoms with E-state index < -0.39 is 18.2 Å². The summed E-state index contributed by atoms with van der Waals surface area (Å²) >= 11 is 12.9. The number of nitrogen functional groups attached to an aromatic ring is 1. The minimum atomic E-state index is -5.08. The molecule has 12 nitrogen and oxygen atoms in total. The number of urea groups is 1. The maximum Gasteiger partial charge on any atom is 0.490 e. The molecule has 17 heteroatoms. The van der Waals surface area contributed by atoms with Crippen molar-refractivity contribution in [2.45, 2.75) is 44.1 Å². The summed E-state index contributed by atoms with van der Waals surface area (Å²) in [5.74, 6) is -1.16. The van der Waals surface area contributed by atoms with E-state index in [-0.39, 0.29) is 18.7 Å². The minimum Gasteiger partial charge on any atom is -0.491 e. The van der Waals surface area contributed by atoms with Crippen molar-refractivity contribution in [3.63, 3.8) is 0 Å². The Kier molecular flexibility index (Phi) is 11.7. The summed E-state index contributed by atoms with van der Waals surface area (Å²) in [7, 11) is 0. The number of aliphatic carboxylic acids is 1. The molecule has 3 heterocycles. The topological polar surface area (TPSA) is 180 Å². The third-order valence-corrected chi connectivity index (χ3v) is 8.12. The van der Waals surface area contributed by atoms with Crippen LogP contribution in [0.5, 0.6) is 5.75 Å². The highest BCUT2D eigenvalue weighted by Gasteiger charge is 2.38. The molecule has 3 aromatic carbocycles. The minimum absolute atomic E-state index is 0.0723. The van der Waals surface area contributed by atoms with E-state index in [1.165, 1.54) is 0 Å². The van der Waals surface area contributed by atoms with Gasteiger partial charge in [-0.1, -0.05) is 59.6 Å². The van der Waals surface area contributed by atoms with Crippen molar-refractivity contribution in [3.8, 4) is 17.0 Å². The Labute approximate surface area is 293 Å². The van der Waals surface area contributed by atoms with Crippen molar-refractivity contribution in [1.82, 2.24) is 30.8 Å². The van der Waals surface area contributed by atoms with Crippen LogP contribution in [0.3, 0.4) is 0 Å². The number of ether oxygens (including phenoxy) is 2. The van der Waals surface area contributed by atoms with Gasteiger partial charge in [0, 0.05) is 34.7 Å². The highest BCUT2D eigenvalue weighted by molar-refractivity contribution is 6.32. The lowest BCUT2D eigenvalue weighted by Gasteiger charge is -2.19. The Hall–Kier alpha value is -4.99. The first kappa shape index (κ1) is 36.3. The molecule has 2 aromatic heterocycles. The van der Waals surface area contributed by atoms with E-state index in [0.29, 0.717) is 46.3 Å². The van der Waals surface area contributed by atoms with Gasteiger partial charge in [-0.25, -0.2) is 14.6 Å². The number of nitrogens with one attached hydrogen (secondary N) is 4. The van der Waals surface area contributed by atoms with E-state index in [9.17, 15) is 18.0 Å². The number of anilines is 1. The highest BCUT2D eigenvalue weighted by atomic mass is 35.5. The second kappa shape index (κ2) is 16.1. The Balaban J connectivity index is 0.000000630. The zero-order chi connectivity index (χ0) is 35.8. The standard InChI is InChI=1S/C31H31Cl2N7O3.C2HF3O2/c32-21-9-11-26(43-17-22-7-4-12-42-22)20(14-21)16-35-31(41)36-25(13-18-5-2-1-3-6-18)30-37-27(28(33)38-30)19-8-10-23-24(15-19)39-40-29(23)34;3-2(4,5)1(6)7/h1-3,5-6,8-11,14-15,22,25H,4,7,12-13,16-17H2,(H,37,38)(H3,34,39,40)(H2,35,36,41);(H,6,7)/t22?,25-;/m0./s1. The van der Waals surface area contributed by atoms with Gasteiger partial charge in [-0.15, -0.1) is 0 Å². The summed E-state index contributed by atoms with van der Waals surface area (Å²) < 4.78 is 43.4. The van der Waals surface area contributed by atoms with E-state index >= 15 is 0 Å². The lowest BCUT2D eigenvalue weighted by Crippen LogP contribution is -2.39. The van der Waals surface area contributed by atoms with Crippen LogP contribution < -0.4 is 21.1 Å². The fourth-order valence-corrected chi connectivity index (χ4v) is 5.59. The third kappa shape index (κ3) is 9.58. The molecule has 1 fully saturated rings. The number of carboxylic acid groups (broad SMARTS) is 1. The number of rotatable bonds is 10. The zero-order valence-electron chi connectivity index (χ0n) is 26.2. The number of fused-ring (bicyclic) bond motifs is 1. The quantitative estimate of drug-likeness (QED) is 0.0905. The molecule has 264 valence electrons. The van der Waals surface area contributed by atoms with Crippen LogP contribution in [0.15, 0.2) is 66.7 Å². The predicted molar refractivity (Wildman–Crippen MR) is 181 cm³/mol. The normalized spacial score (nSPS) is 14.9. The molecule has 50 heavy (non-hydrogen) atoms. The number of carboxylic acids is 1. The Morgan fingerprint density at radius 3 is 2.58 bits per heavy atom. The first-order valence-corrected chi connectivity index (χ1v) is 16.0. The number of nitrogens with zero attached hydrogens (tertiary/aromatic N) is 2. The van der Waals surface area contributed by atoms with E-state index in [1.54, 1.807) is 12.1 Å². The van der Waals surface area contributed by atoms with E-state index in [2.05, 4.69) is 25.8 Å². The van der Waals surface area contributed by atoms with Crippen LogP contribution in [0.25, 0.3) is 22.2 Å². The summed E-state index contributed by atoms with van der Waals surface area (Å²) in [6, 6.07) is 20.0. The molecule has 7 N–H and O–H groups in total. The average Bonchev–Trinajstić information content (AvgIpc) is 3.84. The Morgan fingerprint density at radius 2 is 1.88 bits per heavy atom. The van der Waals surface area contributed by atoms with Gasteiger partial charge in [0.05, 0.1) is 17.7 Å². The highest BCUT2D eigenvalue weighted by Crippen LogP contribution is 2.31. The summed E-state index contributed by atoms with van der Waals surface area (Å²) in [6.07, 6.45) is -2.52. The van der Waals surface area contributed by atoms with E-state index in [1.807, 2.05) is 54.6 Å². The maximum atomic E-state index is 13.3.